The number of carbonyl (C=O) groups excluding carboxylic acids is 2. The van der Waals surface area contributed by atoms with Gasteiger partial charge in [-0.1, -0.05) is 0 Å². The first-order chi connectivity index (χ1) is 8.75. The summed E-state index contributed by atoms with van der Waals surface area (Å²) < 4.78 is 48.4. The molecule has 1 aliphatic heterocycles. The quantitative estimate of drug-likeness (QED) is 0.327. The van der Waals surface area contributed by atoms with Crippen molar-refractivity contribution >= 4 is 11.8 Å². The number of hydrogen-bond acceptors (Lipinski definition) is 4. The van der Waals surface area contributed by atoms with Gasteiger partial charge >= 0.3 is 0 Å². The average molecular weight is 281 g/mol. The van der Waals surface area contributed by atoms with Gasteiger partial charge in [0.15, 0.2) is 17.4 Å². The van der Waals surface area contributed by atoms with Crippen LogP contribution in [0, 0.1) is 23.3 Å². The van der Waals surface area contributed by atoms with Crippen LogP contribution in [0.3, 0.4) is 0 Å². The Hall–Kier alpha value is -2.16. The van der Waals surface area contributed by atoms with Gasteiger partial charge in [-0.3, -0.25) is 14.8 Å². The van der Waals surface area contributed by atoms with Gasteiger partial charge in [0.1, 0.15) is 0 Å². The summed E-state index contributed by atoms with van der Waals surface area (Å²) in [5.41, 5.74) is 0. The van der Waals surface area contributed by atoms with Crippen molar-refractivity contribution in [1.29, 1.82) is 0 Å². The van der Waals surface area contributed by atoms with E-state index < -0.39 is 40.8 Å². The average Bonchev–Trinajstić information content (AvgIpc) is 2.66. The highest BCUT2D eigenvalue weighted by Gasteiger charge is 2.26. The summed E-state index contributed by atoms with van der Waals surface area (Å²) in [5.74, 6) is -9.47. The molecule has 0 aromatic heterocycles. The first kappa shape index (κ1) is 14.9. The fourth-order valence-corrected chi connectivity index (χ4v) is 1.13. The highest BCUT2D eigenvalue weighted by molar-refractivity contribution is 6.00. The smallest absolute Gasteiger partial charge is 0.253 e. The third-order valence-electron chi connectivity index (χ3n) is 2.11. The summed E-state index contributed by atoms with van der Waals surface area (Å²) in [6.45, 7) is 0. The van der Waals surface area contributed by atoms with Gasteiger partial charge in [-0.2, -0.15) is 13.8 Å². The van der Waals surface area contributed by atoms with Crippen LogP contribution in [0.5, 0.6) is 5.75 Å². The molecular formula is C10H7F4NO4. The molecule has 2 amide bonds. The van der Waals surface area contributed by atoms with E-state index in [0.717, 1.165) is 0 Å². The van der Waals surface area contributed by atoms with Gasteiger partial charge in [0.2, 0.25) is 11.6 Å². The highest BCUT2D eigenvalue weighted by Crippen LogP contribution is 2.24. The van der Waals surface area contributed by atoms with Gasteiger partial charge in [0.05, 0.1) is 0 Å². The normalized spacial score (nSPS) is 14.5. The highest BCUT2D eigenvalue weighted by atomic mass is 19.2. The number of hydrogen-bond donors (Lipinski definition) is 2. The molecule has 0 saturated carbocycles. The number of hydroxylamine groups is 2. The molecule has 5 nitrogen and oxygen atoms in total. The first-order valence-corrected chi connectivity index (χ1v) is 4.82. The number of imide groups is 1. The van der Waals surface area contributed by atoms with Crippen LogP contribution in [-0.4, -0.2) is 27.2 Å². The van der Waals surface area contributed by atoms with Crippen molar-refractivity contribution < 1.29 is 37.5 Å². The summed E-state index contributed by atoms with van der Waals surface area (Å²) >= 11 is 0. The zero-order valence-corrected chi connectivity index (χ0v) is 9.16. The van der Waals surface area contributed by atoms with Crippen LogP contribution < -0.4 is 0 Å². The van der Waals surface area contributed by atoms with Crippen LogP contribution in [0.4, 0.5) is 17.6 Å². The Labute approximate surface area is 103 Å². The Morgan fingerprint density at radius 3 is 1.58 bits per heavy atom. The predicted molar refractivity (Wildman–Crippen MR) is 50.8 cm³/mol. The molecule has 0 radical (unpaired) electrons. The first-order valence-electron chi connectivity index (χ1n) is 4.82. The molecule has 1 fully saturated rings. The van der Waals surface area contributed by atoms with E-state index in [1.165, 1.54) is 0 Å². The van der Waals surface area contributed by atoms with E-state index in [-0.39, 0.29) is 24.0 Å². The van der Waals surface area contributed by atoms with Gasteiger partial charge in [-0.15, -0.1) is 0 Å². The van der Waals surface area contributed by atoms with E-state index in [2.05, 4.69) is 0 Å². The largest absolute Gasteiger partial charge is 0.503 e. The lowest BCUT2D eigenvalue weighted by Crippen LogP contribution is -2.24. The van der Waals surface area contributed by atoms with Crippen LogP contribution >= 0.6 is 0 Å². The van der Waals surface area contributed by atoms with Crippen molar-refractivity contribution in [2.24, 2.45) is 0 Å². The van der Waals surface area contributed by atoms with Gasteiger partial charge in [-0.05, 0) is 0 Å². The van der Waals surface area contributed by atoms with Crippen molar-refractivity contribution in [2.75, 3.05) is 0 Å². The maximum absolute atomic E-state index is 12.1. The molecule has 9 heteroatoms. The maximum atomic E-state index is 12.1. The molecule has 19 heavy (non-hydrogen) atoms. The summed E-state index contributed by atoms with van der Waals surface area (Å²) in [5, 5.41) is 16.9. The number of carbonyl (C=O) groups is 2. The Morgan fingerprint density at radius 1 is 0.947 bits per heavy atom. The number of phenolic OH excluding ortho intramolecular Hbond substituents is 1. The lowest BCUT2D eigenvalue weighted by atomic mass is 10.3. The molecule has 0 bridgehead atoms. The molecule has 2 N–H and O–H groups in total. The molecule has 1 aromatic carbocycles. The van der Waals surface area contributed by atoms with Gasteiger partial charge in [0.25, 0.3) is 11.8 Å². The summed E-state index contributed by atoms with van der Waals surface area (Å²) in [6, 6.07) is 0.0182. The number of rotatable bonds is 0. The number of benzene rings is 1. The lowest BCUT2D eigenvalue weighted by Gasteiger charge is -1.98. The molecule has 1 aromatic rings. The second-order valence-corrected chi connectivity index (χ2v) is 3.42. The van der Waals surface area contributed by atoms with Crippen molar-refractivity contribution in [3.05, 3.63) is 29.3 Å². The molecule has 0 spiro atoms. The van der Waals surface area contributed by atoms with E-state index in [9.17, 15) is 27.2 Å². The van der Waals surface area contributed by atoms with E-state index in [4.69, 9.17) is 10.3 Å². The second-order valence-electron chi connectivity index (χ2n) is 3.42. The van der Waals surface area contributed by atoms with Crippen molar-refractivity contribution in [3.8, 4) is 5.75 Å². The standard InChI is InChI=1S/C6H2F4O.C4H5NO3/c7-2-1-3(8)5(10)6(11)4(2)9;6-3-1-2-4(7)5(3)8/h1,11H;8H,1-2H2. The molecular weight excluding hydrogens is 274 g/mol. The molecule has 0 atom stereocenters. The summed E-state index contributed by atoms with van der Waals surface area (Å²) in [7, 11) is 0. The third kappa shape index (κ3) is 3.19. The zero-order valence-electron chi connectivity index (χ0n) is 9.16. The number of phenols is 1. The van der Waals surface area contributed by atoms with Crippen LogP contribution in [0.15, 0.2) is 6.07 Å². The lowest BCUT2D eigenvalue weighted by molar-refractivity contribution is -0.171. The predicted octanol–water partition coefficient (Wildman–Crippen LogP) is 1.47. The fourth-order valence-electron chi connectivity index (χ4n) is 1.13. The number of aromatic hydroxyl groups is 1. The third-order valence-corrected chi connectivity index (χ3v) is 2.11. The van der Waals surface area contributed by atoms with Gasteiger partial charge < -0.3 is 5.11 Å². The van der Waals surface area contributed by atoms with Crippen LogP contribution in [0.2, 0.25) is 0 Å². The molecule has 0 unspecified atom stereocenters. The Bertz CT molecular complexity index is 493. The van der Waals surface area contributed by atoms with Crippen molar-refractivity contribution in [3.63, 3.8) is 0 Å². The van der Waals surface area contributed by atoms with Gasteiger partial charge in [0, 0.05) is 18.9 Å². The van der Waals surface area contributed by atoms with E-state index in [1.54, 1.807) is 0 Å². The van der Waals surface area contributed by atoms with Crippen LogP contribution in [0.25, 0.3) is 0 Å². The molecule has 1 saturated heterocycles. The number of amides is 2. The van der Waals surface area contributed by atoms with E-state index >= 15 is 0 Å². The molecule has 2 rings (SSSR count). The van der Waals surface area contributed by atoms with Crippen molar-refractivity contribution in [2.45, 2.75) is 12.8 Å². The Balaban J connectivity index is 0.000000200. The topological polar surface area (TPSA) is 77.8 Å². The Morgan fingerprint density at radius 2 is 1.32 bits per heavy atom. The maximum Gasteiger partial charge on any atom is 0.253 e. The molecule has 104 valence electrons. The van der Waals surface area contributed by atoms with Gasteiger partial charge in [-0.25, -0.2) is 8.78 Å². The summed E-state index contributed by atoms with van der Waals surface area (Å²) in [6.07, 6.45) is 0.296. The van der Waals surface area contributed by atoms with E-state index in [1.807, 2.05) is 0 Å². The van der Waals surface area contributed by atoms with Crippen LogP contribution in [0.1, 0.15) is 12.8 Å². The summed E-state index contributed by atoms with van der Waals surface area (Å²) in [4.78, 5) is 20.5. The minimum Gasteiger partial charge on any atom is -0.503 e. The SMILES string of the molecule is O=C1CCC(=O)N1O.Oc1c(F)c(F)cc(F)c1F. The minimum atomic E-state index is -1.79. The van der Waals surface area contributed by atoms with Crippen LogP contribution in [-0.2, 0) is 9.59 Å². The Kier molecular flexibility index (Phi) is 4.43. The molecule has 0 aliphatic carbocycles. The monoisotopic (exact) mass is 281 g/mol. The minimum absolute atomic E-state index is 0.0182. The number of halogens is 4. The molecule has 1 heterocycles. The number of nitrogens with zero attached hydrogens (tertiary/aromatic N) is 1. The fraction of sp³-hybridized carbons (Fsp3) is 0.200. The second kappa shape index (κ2) is 5.65. The van der Waals surface area contributed by atoms with E-state index in [0.29, 0.717) is 0 Å². The zero-order chi connectivity index (χ0) is 14.7. The molecule has 1 aliphatic rings. The van der Waals surface area contributed by atoms with Crippen molar-refractivity contribution in [1.82, 2.24) is 5.06 Å².